The molecule has 19 heavy (non-hydrogen) atoms. The van der Waals surface area contributed by atoms with Crippen molar-refractivity contribution in [3.63, 3.8) is 0 Å². The molecule has 1 aromatic heterocycles. The van der Waals surface area contributed by atoms with E-state index < -0.39 is 0 Å². The number of carbonyl (C=O) groups excluding carboxylic acids is 1. The normalized spacial score (nSPS) is 28.7. The topological polar surface area (TPSA) is 46.9 Å². The third kappa shape index (κ3) is 3.17. The van der Waals surface area contributed by atoms with Gasteiger partial charge < -0.3 is 5.32 Å². The van der Waals surface area contributed by atoms with E-state index in [0.717, 1.165) is 37.8 Å². The number of hydrogen-bond donors (Lipinski definition) is 1. The molecule has 2 fully saturated rings. The van der Waals surface area contributed by atoms with Gasteiger partial charge in [0, 0.05) is 31.9 Å². The van der Waals surface area contributed by atoms with Gasteiger partial charge in [0.05, 0.1) is 0 Å². The molecule has 0 aliphatic heterocycles. The first-order valence-corrected chi connectivity index (χ1v) is 7.55. The number of rotatable bonds is 6. The van der Waals surface area contributed by atoms with Crippen LogP contribution >= 0.6 is 0 Å². The Labute approximate surface area is 114 Å². The minimum absolute atomic E-state index is 0.248. The summed E-state index contributed by atoms with van der Waals surface area (Å²) in [5.74, 6) is 2.70. The zero-order chi connectivity index (χ0) is 13.1. The van der Waals surface area contributed by atoms with Gasteiger partial charge in [-0.05, 0) is 49.5 Å². The van der Waals surface area contributed by atoms with E-state index in [-0.39, 0.29) is 5.91 Å². The summed E-state index contributed by atoms with van der Waals surface area (Å²) < 4.78 is 1.90. The Morgan fingerprint density at radius 1 is 1.37 bits per heavy atom. The molecule has 2 aliphatic rings. The van der Waals surface area contributed by atoms with Crippen LogP contribution in [-0.4, -0.2) is 22.2 Å². The van der Waals surface area contributed by atoms with Crippen LogP contribution in [0.5, 0.6) is 0 Å². The Balaban J connectivity index is 1.31. The molecule has 0 radical (unpaired) electrons. The minimum Gasteiger partial charge on any atom is -0.356 e. The van der Waals surface area contributed by atoms with Crippen LogP contribution in [0.4, 0.5) is 0 Å². The highest BCUT2D eigenvalue weighted by atomic mass is 16.1. The highest BCUT2D eigenvalue weighted by Gasteiger charge is 2.39. The van der Waals surface area contributed by atoms with Crippen molar-refractivity contribution in [1.82, 2.24) is 15.1 Å². The lowest BCUT2D eigenvalue weighted by molar-refractivity contribution is -0.122. The van der Waals surface area contributed by atoms with Gasteiger partial charge >= 0.3 is 0 Å². The second-order valence-corrected chi connectivity index (χ2v) is 6.11. The van der Waals surface area contributed by atoms with Crippen LogP contribution < -0.4 is 5.32 Å². The van der Waals surface area contributed by atoms with E-state index in [1.165, 1.54) is 25.7 Å². The summed E-state index contributed by atoms with van der Waals surface area (Å²) in [6, 6.07) is 1.92. The Bertz CT molecular complexity index is 415. The second-order valence-electron chi connectivity index (χ2n) is 6.11. The quantitative estimate of drug-likeness (QED) is 0.798. The Morgan fingerprint density at radius 2 is 2.32 bits per heavy atom. The van der Waals surface area contributed by atoms with E-state index in [4.69, 9.17) is 0 Å². The highest BCUT2D eigenvalue weighted by Crippen LogP contribution is 2.49. The maximum absolute atomic E-state index is 11.9. The molecule has 1 aromatic rings. The fourth-order valence-corrected chi connectivity index (χ4v) is 3.84. The third-order valence-electron chi connectivity index (χ3n) is 4.78. The number of aryl methyl sites for hydroxylation is 1. The van der Waals surface area contributed by atoms with E-state index in [1.807, 2.05) is 16.9 Å². The van der Waals surface area contributed by atoms with Crippen molar-refractivity contribution in [2.75, 3.05) is 6.54 Å². The van der Waals surface area contributed by atoms with Crippen LogP contribution in [-0.2, 0) is 11.3 Å². The van der Waals surface area contributed by atoms with Crippen LogP contribution in [0.1, 0.15) is 38.5 Å². The minimum atomic E-state index is 0.248. The van der Waals surface area contributed by atoms with Gasteiger partial charge in [-0.15, -0.1) is 0 Å². The summed E-state index contributed by atoms with van der Waals surface area (Å²) in [6.07, 6.45) is 10.9. The van der Waals surface area contributed by atoms with E-state index in [9.17, 15) is 4.79 Å². The Hall–Kier alpha value is -1.32. The van der Waals surface area contributed by atoms with Crippen molar-refractivity contribution in [3.05, 3.63) is 18.5 Å². The molecule has 104 valence electrons. The fraction of sp³-hybridized carbons (Fsp3) is 0.733. The average molecular weight is 261 g/mol. The molecule has 1 heterocycles. The van der Waals surface area contributed by atoms with Crippen LogP contribution in [0.25, 0.3) is 0 Å². The van der Waals surface area contributed by atoms with Crippen molar-refractivity contribution >= 4 is 5.91 Å². The van der Waals surface area contributed by atoms with Gasteiger partial charge in [-0.3, -0.25) is 9.48 Å². The Morgan fingerprint density at radius 3 is 3.00 bits per heavy atom. The van der Waals surface area contributed by atoms with Crippen LogP contribution in [0, 0.1) is 17.8 Å². The number of aromatic nitrogens is 2. The lowest BCUT2D eigenvalue weighted by atomic mass is 9.86. The van der Waals surface area contributed by atoms with Crippen molar-refractivity contribution in [3.8, 4) is 0 Å². The van der Waals surface area contributed by atoms with Crippen molar-refractivity contribution < 1.29 is 4.79 Å². The molecule has 0 aromatic carbocycles. The molecule has 4 heteroatoms. The van der Waals surface area contributed by atoms with E-state index >= 15 is 0 Å². The molecular formula is C15H23N3O. The number of nitrogens with zero attached hydrogens (tertiary/aromatic N) is 2. The first-order chi connectivity index (χ1) is 9.31. The zero-order valence-corrected chi connectivity index (χ0v) is 11.4. The lowest BCUT2D eigenvalue weighted by Crippen LogP contribution is -2.28. The van der Waals surface area contributed by atoms with Gasteiger partial charge in [-0.25, -0.2) is 0 Å². The monoisotopic (exact) mass is 261 g/mol. The summed E-state index contributed by atoms with van der Waals surface area (Å²) in [4.78, 5) is 11.9. The van der Waals surface area contributed by atoms with Crippen LogP contribution in [0.2, 0.25) is 0 Å². The number of amides is 1. The predicted molar refractivity (Wildman–Crippen MR) is 73.4 cm³/mol. The van der Waals surface area contributed by atoms with Crippen LogP contribution in [0.15, 0.2) is 18.5 Å². The first-order valence-electron chi connectivity index (χ1n) is 7.55. The number of carbonyl (C=O) groups is 1. The van der Waals surface area contributed by atoms with Gasteiger partial charge in [-0.1, -0.05) is 6.42 Å². The molecule has 2 aliphatic carbocycles. The molecule has 0 saturated heterocycles. The average Bonchev–Trinajstić information content (AvgIpc) is 3.11. The summed E-state index contributed by atoms with van der Waals surface area (Å²) in [6.45, 7) is 1.64. The van der Waals surface area contributed by atoms with E-state index in [1.54, 1.807) is 6.20 Å². The van der Waals surface area contributed by atoms with E-state index in [2.05, 4.69) is 10.4 Å². The molecule has 4 nitrogen and oxygen atoms in total. The zero-order valence-electron chi connectivity index (χ0n) is 11.4. The summed E-state index contributed by atoms with van der Waals surface area (Å²) >= 11 is 0. The number of nitrogens with one attached hydrogen (secondary N) is 1. The molecule has 3 atom stereocenters. The van der Waals surface area contributed by atoms with Crippen molar-refractivity contribution in [2.24, 2.45) is 17.8 Å². The summed E-state index contributed by atoms with van der Waals surface area (Å²) in [7, 11) is 0. The van der Waals surface area contributed by atoms with Crippen LogP contribution in [0.3, 0.4) is 0 Å². The van der Waals surface area contributed by atoms with E-state index in [0.29, 0.717) is 5.92 Å². The second kappa shape index (κ2) is 5.76. The molecule has 1 amide bonds. The van der Waals surface area contributed by atoms with Gasteiger partial charge in [0.1, 0.15) is 0 Å². The van der Waals surface area contributed by atoms with Gasteiger partial charge in [-0.2, -0.15) is 5.10 Å². The number of hydrogen-bond acceptors (Lipinski definition) is 2. The fourth-order valence-electron chi connectivity index (χ4n) is 3.84. The SMILES string of the molecule is O=C(C[C@H]1C[C@H]2CC[C@H]1C2)NCCCn1cccn1. The van der Waals surface area contributed by atoms with Gasteiger partial charge in [0.15, 0.2) is 0 Å². The smallest absolute Gasteiger partial charge is 0.220 e. The van der Waals surface area contributed by atoms with Crippen molar-refractivity contribution in [1.29, 1.82) is 0 Å². The van der Waals surface area contributed by atoms with Crippen molar-refractivity contribution in [2.45, 2.75) is 45.1 Å². The first kappa shape index (κ1) is 12.7. The standard InChI is InChI=1S/C15H23N3O/c19-15(11-14-10-12-3-4-13(14)9-12)16-5-1-7-18-8-2-6-17-18/h2,6,8,12-14H,1,3-5,7,9-11H2,(H,16,19)/t12-,13-,14+/m0/s1. The summed E-state index contributed by atoms with van der Waals surface area (Å²) in [5.41, 5.74) is 0. The maximum atomic E-state index is 11.9. The molecule has 2 bridgehead atoms. The molecule has 3 rings (SSSR count). The summed E-state index contributed by atoms with van der Waals surface area (Å²) in [5, 5.41) is 7.20. The molecule has 1 N–H and O–H groups in total. The molecule has 0 unspecified atom stereocenters. The third-order valence-corrected chi connectivity index (χ3v) is 4.78. The number of fused-ring (bicyclic) bond motifs is 2. The molecular weight excluding hydrogens is 238 g/mol. The maximum Gasteiger partial charge on any atom is 0.220 e. The highest BCUT2D eigenvalue weighted by molar-refractivity contribution is 5.76. The molecule has 0 spiro atoms. The van der Waals surface area contributed by atoms with Gasteiger partial charge in [0.2, 0.25) is 5.91 Å². The molecule has 2 saturated carbocycles. The predicted octanol–water partition coefficient (Wildman–Crippen LogP) is 2.22. The lowest BCUT2D eigenvalue weighted by Gasteiger charge is -2.20. The Kier molecular flexibility index (Phi) is 3.85. The largest absolute Gasteiger partial charge is 0.356 e. The van der Waals surface area contributed by atoms with Gasteiger partial charge in [0.25, 0.3) is 0 Å².